The summed E-state index contributed by atoms with van der Waals surface area (Å²) in [7, 11) is 14.9. The minimum atomic E-state index is -2.80. The molecular formula is C48H41Cl4O2SiZr. The van der Waals surface area contributed by atoms with Gasteiger partial charge in [0, 0.05) is 0 Å². The third kappa shape index (κ3) is 6.65. The molecule has 2 nitrogen and oxygen atoms in total. The number of hydrogen-bond acceptors (Lipinski definition) is 2. The van der Waals surface area contributed by atoms with Crippen molar-refractivity contribution in [2.45, 2.75) is 76.3 Å². The van der Waals surface area contributed by atoms with Gasteiger partial charge >= 0.3 is 358 Å². The molecule has 2 aromatic heterocycles. The number of halogens is 4. The summed E-state index contributed by atoms with van der Waals surface area (Å²) in [4.78, 5) is 0. The van der Waals surface area contributed by atoms with Crippen molar-refractivity contribution in [1.29, 1.82) is 0 Å². The van der Waals surface area contributed by atoms with Crippen molar-refractivity contribution >= 4 is 69.4 Å². The van der Waals surface area contributed by atoms with Crippen LogP contribution in [0, 0.1) is 13.8 Å². The fourth-order valence-electron chi connectivity index (χ4n) is 10.2. The van der Waals surface area contributed by atoms with Gasteiger partial charge in [-0.3, -0.25) is 0 Å². The van der Waals surface area contributed by atoms with Gasteiger partial charge in [0.15, 0.2) is 0 Å². The Morgan fingerprint density at radius 2 is 1.02 bits per heavy atom. The Morgan fingerprint density at radius 1 is 0.589 bits per heavy atom. The van der Waals surface area contributed by atoms with E-state index in [9.17, 15) is 0 Å². The number of allylic oxidation sites excluding steroid dienone is 2. The van der Waals surface area contributed by atoms with E-state index in [4.69, 9.17) is 49.1 Å². The van der Waals surface area contributed by atoms with E-state index in [0.717, 1.165) is 70.9 Å². The van der Waals surface area contributed by atoms with E-state index in [1.54, 1.807) is 0 Å². The first kappa shape index (κ1) is 37.5. The second kappa shape index (κ2) is 15.1. The molecule has 56 heavy (non-hydrogen) atoms. The Kier molecular flexibility index (Phi) is 10.1. The molecule has 2 heterocycles. The van der Waals surface area contributed by atoms with Crippen LogP contribution in [0.4, 0.5) is 0 Å². The van der Waals surface area contributed by atoms with Gasteiger partial charge in [-0.25, -0.2) is 0 Å². The molecule has 0 N–H and O–H groups in total. The molecule has 10 rings (SSSR count). The normalized spacial score (nSPS) is 18.4. The molecule has 4 aliphatic rings. The first-order valence-electron chi connectivity index (χ1n) is 19.8. The Morgan fingerprint density at radius 3 is 1.39 bits per heavy atom. The predicted octanol–water partition coefficient (Wildman–Crippen LogP) is 14.7. The fourth-order valence-corrected chi connectivity index (χ4v) is 25.6. The van der Waals surface area contributed by atoms with Gasteiger partial charge in [0.05, 0.1) is 0 Å². The van der Waals surface area contributed by atoms with Gasteiger partial charge < -0.3 is 0 Å². The Bertz CT molecular complexity index is 2400. The van der Waals surface area contributed by atoms with Gasteiger partial charge in [0.2, 0.25) is 0 Å². The van der Waals surface area contributed by atoms with Crippen molar-refractivity contribution in [3.8, 4) is 22.3 Å². The fraction of sp³-hybridized carbons (Fsp3) is 0.250. The van der Waals surface area contributed by atoms with Crippen LogP contribution in [0.1, 0.15) is 92.2 Å². The molecule has 0 radical (unpaired) electrons. The zero-order chi connectivity index (χ0) is 38.2. The van der Waals surface area contributed by atoms with Crippen LogP contribution in [0.3, 0.4) is 0 Å². The molecule has 4 aromatic carbocycles. The summed E-state index contributed by atoms with van der Waals surface area (Å²) in [6, 6.07) is 32.4. The van der Waals surface area contributed by atoms with Gasteiger partial charge in [-0.2, -0.15) is 0 Å². The summed E-state index contributed by atoms with van der Waals surface area (Å²) in [5.41, 5.74) is 19.1. The predicted molar refractivity (Wildman–Crippen MR) is 234 cm³/mol. The number of hydrogen-bond donors (Lipinski definition) is 0. The van der Waals surface area contributed by atoms with Crippen molar-refractivity contribution < 1.29 is 27.4 Å². The average Bonchev–Trinajstić information content (AvgIpc) is 4.05. The van der Waals surface area contributed by atoms with Crippen molar-refractivity contribution in [3.63, 3.8) is 0 Å². The third-order valence-electron chi connectivity index (χ3n) is 12.7. The van der Waals surface area contributed by atoms with E-state index in [0.29, 0.717) is 0 Å². The molecule has 4 aliphatic carbocycles. The summed E-state index contributed by atoms with van der Waals surface area (Å²) >= 11 is 10.0. The average molecular weight is 911 g/mol. The first-order chi connectivity index (χ1) is 27.2. The van der Waals surface area contributed by atoms with Crippen molar-refractivity contribution in [3.05, 3.63) is 163 Å². The van der Waals surface area contributed by atoms with Crippen LogP contribution in [0.5, 0.6) is 0 Å². The molecule has 2 unspecified atom stereocenters. The van der Waals surface area contributed by atoms with E-state index in [1.807, 2.05) is 38.1 Å². The van der Waals surface area contributed by atoms with Gasteiger partial charge in [-0.1, -0.05) is 0 Å². The van der Waals surface area contributed by atoms with Gasteiger partial charge in [0.1, 0.15) is 0 Å². The molecule has 0 aliphatic heterocycles. The Labute approximate surface area is 354 Å². The number of aryl methyl sites for hydroxylation is 4. The van der Waals surface area contributed by atoms with Gasteiger partial charge in [-0.15, -0.1) is 0 Å². The van der Waals surface area contributed by atoms with E-state index < -0.39 is 24.4 Å². The van der Waals surface area contributed by atoms with Crippen LogP contribution >= 0.6 is 40.2 Å². The number of fused-ring (bicyclic) bond motifs is 4. The second-order valence-electron chi connectivity index (χ2n) is 16.1. The molecule has 0 bridgehead atoms. The first-order valence-corrected chi connectivity index (χ1v) is 33.4. The van der Waals surface area contributed by atoms with Gasteiger partial charge in [-0.05, 0) is 0 Å². The van der Waals surface area contributed by atoms with Crippen LogP contribution in [0.2, 0.25) is 22.1 Å². The Balaban J connectivity index is 1.09. The van der Waals surface area contributed by atoms with Crippen LogP contribution in [0.15, 0.2) is 93.8 Å². The summed E-state index contributed by atoms with van der Waals surface area (Å²) in [5, 5.41) is 1.51. The summed E-state index contributed by atoms with van der Waals surface area (Å²) in [6.07, 6.45) is 11.6. The molecule has 0 amide bonds. The number of benzene rings is 4. The molecule has 0 spiro atoms. The standard InChI is InChI=1S/C48H41Cl2O2Si.2ClH.Zr/c1-27-9-19-45(51-27)39-23-41-37(21-31-5-3-7-35(31)47(41)29-11-15-33(49)16-12-29)43(39)25-53-26-44-38-22-32-6-4-8-36(32)48(30-13-17-34(50)18-14-30)42(38)24-40(44)46-20-10-28(2)52-46;;;/h9-24,43-44,53H,3-8,25-26H2,1-2H3;2*1H;/q;;;+2/p-2. The van der Waals surface area contributed by atoms with E-state index in [2.05, 4.69) is 72.8 Å². The zero-order valence-corrected chi connectivity index (χ0v) is 38.1. The molecule has 281 valence electrons. The number of furan rings is 2. The van der Waals surface area contributed by atoms with Crippen LogP contribution in [-0.4, -0.2) is 5.92 Å². The van der Waals surface area contributed by atoms with E-state index in [-0.39, 0.29) is 11.8 Å². The summed E-state index contributed by atoms with van der Waals surface area (Å²) in [6.45, 7) is 4.07. The molecule has 0 saturated heterocycles. The van der Waals surface area contributed by atoms with E-state index >= 15 is 0 Å². The maximum atomic E-state index is 7.44. The molecule has 6 aromatic rings. The zero-order valence-electron chi connectivity index (χ0n) is 31.5. The SMILES string of the molecule is Cc1ccc(C2=Cc3c(cc4c(c3-c3ccc(Cl)cc3)CCC4)C2C[SiH](CC2C(c3ccc(C)o3)=Cc3c2cc2c(c3-c3ccc(Cl)cc3)CCC2)[Zr]([Cl])[Cl])o1. The molecule has 0 saturated carbocycles. The topological polar surface area (TPSA) is 26.3 Å². The number of rotatable bonds is 9. The van der Waals surface area contributed by atoms with Crippen molar-refractivity contribution in [2.24, 2.45) is 0 Å². The summed E-state index contributed by atoms with van der Waals surface area (Å²) < 4.78 is 12.9. The third-order valence-corrected chi connectivity index (χ3v) is 34.9. The Hall–Kier alpha value is -2.82. The molecule has 2 atom stereocenters. The van der Waals surface area contributed by atoms with Crippen molar-refractivity contribution in [2.75, 3.05) is 0 Å². The molecular weight excluding hydrogens is 870 g/mol. The minimum absolute atomic E-state index is 0.168. The van der Waals surface area contributed by atoms with Gasteiger partial charge in [0.25, 0.3) is 0 Å². The van der Waals surface area contributed by atoms with Crippen LogP contribution < -0.4 is 0 Å². The monoisotopic (exact) mass is 907 g/mol. The van der Waals surface area contributed by atoms with Crippen LogP contribution in [0.25, 0.3) is 45.6 Å². The molecule has 0 fully saturated rings. The van der Waals surface area contributed by atoms with Crippen molar-refractivity contribution in [1.82, 2.24) is 0 Å². The maximum absolute atomic E-state index is 7.44. The van der Waals surface area contributed by atoms with Crippen LogP contribution in [-0.2, 0) is 44.2 Å². The van der Waals surface area contributed by atoms with E-state index in [1.165, 1.54) is 90.7 Å². The second-order valence-corrected chi connectivity index (χ2v) is 40.5. The summed E-state index contributed by atoms with van der Waals surface area (Å²) in [5.74, 6) is 2.34. The quantitative estimate of drug-likeness (QED) is 0.135. The molecule has 8 heteroatoms.